The van der Waals surface area contributed by atoms with Crippen LogP contribution in [0.1, 0.15) is 25.3 Å². The summed E-state index contributed by atoms with van der Waals surface area (Å²) in [5.74, 6) is 1.24. The van der Waals surface area contributed by atoms with Crippen LogP contribution in [0.5, 0.6) is 5.75 Å². The Morgan fingerprint density at radius 3 is 2.38 bits per heavy atom. The van der Waals surface area contributed by atoms with Gasteiger partial charge in [0.15, 0.2) is 5.96 Å². The molecule has 0 spiro atoms. The molecule has 1 aliphatic heterocycles. The summed E-state index contributed by atoms with van der Waals surface area (Å²) in [4.78, 5) is 4.11. The lowest BCUT2D eigenvalue weighted by molar-refractivity contribution is -0.0494. The number of rotatable bonds is 6. The Bertz CT molecular complexity index is 790. The van der Waals surface area contributed by atoms with Crippen LogP contribution in [0.3, 0.4) is 0 Å². The normalized spacial score (nSPS) is 18.3. The monoisotopic (exact) mass is 436 g/mol. The van der Waals surface area contributed by atoms with Gasteiger partial charge in [-0.15, -0.1) is 0 Å². The van der Waals surface area contributed by atoms with Crippen LogP contribution in [-0.4, -0.2) is 63.0 Å². The van der Waals surface area contributed by atoms with Gasteiger partial charge in [-0.05, 0) is 38.8 Å². The van der Waals surface area contributed by atoms with Crippen LogP contribution in [0.4, 0.5) is 13.2 Å². The third-order valence-electron chi connectivity index (χ3n) is 4.57. The van der Waals surface area contributed by atoms with Crippen molar-refractivity contribution in [1.29, 1.82) is 0 Å². The molecular formula is C18H27F3N4O3S. The Morgan fingerprint density at radius 1 is 1.28 bits per heavy atom. The van der Waals surface area contributed by atoms with E-state index in [-0.39, 0.29) is 38.1 Å². The molecule has 1 saturated heterocycles. The molecule has 2 N–H and O–H groups in total. The minimum atomic E-state index is -5.27. The van der Waals surface area contributed by atoms with E-state index in [1.54, 1.807) is 7.05 Å². The van der Waals surface area contributed by atoms with Gasteiger partial charge in [0.2, 0.25) is 0 Å². The quantitative estimate of drug-likeness (QED) is 0.528. The van der Waals surface area contributed by atoms with Gasteiger partial charge < -0.3 is 15.4 Å². The largest absolute Gasteiger partial charge is 0.511 e. The van der Waals surface area contributed by atoms with Crippen molar-refractivity contribution in [3.63, 3.8) is 0 Å². The van der Waals surface area contributed by atoms with Gasteiger partial charge >= 0.3 is 15.5 Å². The van der Waals surface area contributed by atoms with E-state index >= 15 is 0 Å². The second-order valence-corrected chi connectivity index (χ2v) is 8.89. The molecule has 11 heteroatoms. The van der Waals surface area contributed by atoms with Crippen molar-refractivity contribution in [3.05, 3.63) is 29.8 Å². The highest BCUT2D eigenvalue weighted by Gasteiger charge is 2.50. The Hall–Kier alpha value is -2.01. The number of hydrogen-bond acceptors (Lipinski definition) is 4. The van der Waals surface area contributed by atoms with Gasteiger partial charge in [-0.3, -0.25) is 4.99 Å². The third-order valence-corrected chi connectivity index (χ3v) is 6.20. The first-order valence-corrected chi connectivity index (χ1v) is 10.7. The molecule has 164 valence electrons. The van der Waals surface area contributed by atoms with E-state index in [4.69, 9.17) is 4.74 Å². The van der Waals surface area contributed by atoms with E-state index in [9.17, 15) is 21.6 Å². The molecule has 0 aromatic heterocycles. The van der Waals surface area contributed by atoms with Crippen LogP contribution in [0, 0.1) is 6.92 Å². The fourth-order valence-corrected chi connectivity index (χ4v) is 3.89. The van der Waals surface area contributed by atoms with E-state index < -0.39 is 15.5 Å². The molecule has 7 nitrogen and oxygen atoms in total. The molecule has 1 aliphatic rings. The van der Waals surface area contributed by atoms with Crippen LogP contribution in [0.2, 0.25) is 0 Å². The number of guanidine groups is 1. The molecule has 1 aromatic rings. The predicted molar refractivity (Wildman–Crippen MR) is 105 cm³/mol. The summed E-state index contributed by atoms with van der Waals surface area (Å²) < 4.78 is 67.2. The van der Waals surface area contributed by atoms with Gasteiger partial charge in [-0.1, -0.05) is 17.7 Å². The molecule has 1 fully saturated rings. The molecule has 0 amide bonds. The highest BCUT2D eigenvalue weighted by atomic mass is 32.2. The van der Waals surface area contributed by atoms with Crippen LogP contribution in [-0.2, 0) is 10.0 Å². The van der Waals surface area contributed by atoms with Crippen LogP contribution >= 0.6 is 0 Å². The Balaban J connectivity index is 1.78. The molecule has 0 bridgehead atoms. The maximum Gasteiger partial charge on any atom is 0.511 e. The molecular weight excluding hydrogens is 409 g/mol. The number of sulfonamides is 1. The average Bonchev–Trinajstić information content (AvgIpc) is 2.66. The summed E-state index contributed by atoms with van der Waals surface area (Å²) >= 11 is 0. The zero-order chi connectivity index (χ0) is 21.7. The SMILES string of the molecule is CN=C(NCC(C)Oc1ccc(C)cc1)NC1CCN(S(=O)(=O)C(F)(F)F)CC1. The fourth-order valence-electron chi connectivity index (χ4n) is 2.91. The predicted octanol–water partition coefficient (Wildman–Crippen LogP) is 2.24. The number of nitrogens with zero attached hydrogens (tertiary/aromatic N) is 2. The molecule has 0 saturated carbocycles. The Labute approximate surface area is 169 Å². The van der Waals surface area contributed by atoms with Gasteiger partial charge in [-0.2, -0.15) is 17.5 Å². The molecule has 1 heterocycles. The summed E-state index contributed by atoms with van der Waals surface area (Å²) in [6.07, 6.45) is 0.367. The summed E-state index contributed by atoms with van der Waals surface area (Å²) in [6, 6.07) is 7.53. The topological polar surface area (TPSA) is 83.0 Å². The second-order valence-electron chi connectivity index (χ2n) is 6.96. The zero-order valence-electron chi connectivity index (χ0n) is 16.7. The number of benzene rings is 1. The van der Waals surface area contributed by atoms with E-state index in [0.29, 0.717) is 16.8 Å². The molecule has 0 radical (unpaired) electrons. The van der Waals surface area contributed by atoms with Gasteiger partial charge in [0.25, 0.3) is 0 Å². The first-order valence-electron chi connectivity index (χ1n) is 9.30. The minimum Gasteiger partial charge on any atom is -0.489 e. The molecule has 2 rings (SSSR count). The first kappa shape index (κ1) is 23.3. The van der Waals surface area contributed by atoms with Crippen LogP contribution in [0.15, 0.2) is 29.3 Å². The number of halogens is 3. The van der Waals surface area contributed by atoms with Gasteiger partial charge in [0, 0.05) is 26.2 Å². The average molecular weight is 437 g/mol. The highest BCUT2D eigenvalue weighted by molar-refractivity contribution is 7.90. The van der Waals surface area contributed by atoms with E-state index in [1.165, 1.54) is 0 Å². The van der Waals surface area contributed by atoms with E-state index in [0.717, 1.165) is 11.3 Å². The summed E-state index contributed by atoms with van der Waals surface area (Å²) in [7, 11) is -3.68. The van der Waals surface area contributed by atoms with Crippen molar-refractivity contribution < 1.29 is 26.3 Å². The maximum absolute atomic E-state index is 12.6. The van der Waals surface area contributed by atoms with Crippen molar-refractivity contribution >= 4 is 16.0 Å². The van der Waals surface area contributed by atoms with Crippen LogP contribution < -0.4 is 15.4 Å². The lowest BCUT2D eigenvalue weighted by Gasteiger charge is -2.32. The third kappa shape index (κ3) is 6.49. The molecule has 1 atom stereocenters. The number of aliphatic imine (C=N–C) groups is 1. The Morgan fingerprint density at radius 2 is 1.86 bits per heavy atom. The van der Waals surface area contributed by atoms with E-state index in [1.807, 2.05) is 38.1 Å². The van der Waals surface area contributed by atoms with Crippen molar-refractivity contribution in [2.75, 3.05) is 26.7 Å². The highest BCUT2D eigenvalue weighted by Crippen LogP contribution is 2.28. The minimum absolute atomic E-state index is 0.143. The van der Waals surface area contributed by atoms with Gasteiger partial charge in [0.1, 0.15) is 11.9 Å². The first-order chi connectivity index (χ1) is 13.5. The molecule has 0 aliphatic carbocycles. The fraction of sp³-hybridized carbons (Fsp3) is 0.611. The summed E-state index contributed by atoms with van der Waals surface area (Å²) in [6.45, 7) is 3.98. The number of piperidine rings is 1. The zero-order valence-corrected chi connectivity index (χ0v) is 17.5. The lowest BCUT2D eigenvalue weighted by atomic mass is 10.1. The number of hydrogen-bond donors (Lipinski definition) is 2. The van der Waals surface area contributed by atoms with Crippen molar-refractivity contribution in [2.24, 2.45) is 4.99 Å². The van der Waals surface area contributed by atoms with Crippen molar-refractivity contribution in [2.45, 2.75) is 44.3 Å². The number of aryl methyl sites for hydroxylation is 1. The van der Waals surface area contributed by atoms with Crippen LogP contribution in [0.25, 0.3) is 0 Å². The number of ether oxygens (including phenoxy) is 1. The van der Waals surface area contributed by atoms with Gasteiger partial charge in [0.05, 0.1) is 6.54 Å². The standard InChI is InChI=1S/C18H27F3N4O3S/c1-13-4-6-16(7-5-13)28-14(2)12-23-17(22-3)24-15-8-10-25(11-9-15)29(26,27)18(19,20)21/h4-7,14-15H,8-12H2,1-3H3,(H2,22,23,24). The van der Waals surface area contributed by atoms with Crippen molar-refractivity contribution in [3.8, 4) is 5.75 Å². The molecule has 29 heavy (non-hydrogen) atoms. The smallest absolute Gasteiger partial charge is 0.489 e. The summed E-state index contributed by atoms with van der Waals surface area (Å²) in [5.41, 5.74) is -4.12. The molecule has 1 aromatic carbocycles. The number of nitrogens with one attached hydrogen (secondary N) is 2. The second kappa shape index (κ2) is 9.66. The molecule has 1 unspecified atom stereocenters. The Kier molecular flexibility index (Phi) is 7.75. The van der Waals surface area contributed by atoms with E-state index in [2.05, 4.69) is 15.6 Å². The van der Waals surface area contributed by atoms with Gasteiger partial charge in [-0.25, -0.2) is 8.42 Å². The number of alkyl halides is 3. The lowest BCUT2D eigenvalue weighted by Crippen LogP contribution is -2.52. The summed E-state index contributed by atoms with van der Waals surface area (Å²) in [5, 5.41) is 6.24. The maximum atomic E-state index is 12.6. The van der Waals surface area contributed by atoms with Crippen molar-refractivity contribution in [1.82, 2.24) is 14.9 Å².